The number of hydrogen-bond acceptors (Lipinski definition) is 3. The lowest BCUT2D eigenvalue weighted by Gasteiger charge is -2.36. The second kappa shape index (κ2) is 6.96. The van der Waals surface area contributed by atoms with Gasteiger partial charge in [0.1, 0.15) is 17.7 Å². The third-order valence-corrected chi connectivity index (χ3v) is 4.73. The molecule has 1 aromatic heterocycles. The molecule has 134 valence electrons. The molecule has 1 N–H and O–H groups in total. The maximum Gasteiger partial charge on any atom is 0.162 e. The van der Waals surface area contributed by atoms with Gasteiger partial charge in [0.05, 0.1) is 0 Å². The first kappa shape index (κ1) is 16.8. The molecular weight excluding hydrogens is 341 g/mol. The first-order chi connectivity index (χ1) is 12.6. The lowest BCUT2D eigenvalue weighted by Crippen LogP contribution is -2.46. The molecule has 0 unspecified atom stereocenters. The highest BCUT2D eigenvalue weighted by Crippen LogP contribution is 2.28. The molecule has 0 atom stereocenters. The fraction of sp³-hybridized carbons (Fsp3) is 0.250. The Hall–Kier alpha value is -2.60. The Balaban J connectivity index is 1.34. The van der Waals surface area contributed by atoms with Crippen molar-refractivity contribution in [3.05, 3.63) is 71.8 Å². The standard InChI is InChI=1S/C20H17F3N2O/c21-18-3-1-12-10-24-6-5-16(12)17(18)11-25-13-7-15(8-13)26-14-2-4-19(22)20(23)9-14/h1-6,9-10,13,15,25H,7-8,11H2/t13-,15-. The summed E-state index contributed by atoms with van der Waals surface area (Å²) in [7, 11) is 0. The monoisotopic (exact) mass is 358 g/mol. The van der Waals surface area contributed by atoms with Crippen LogP contribution in [0.4, 0.5) is 13.2 Å². The molecule has 0 radical (unpaired) electrons. The summed E-state index contributed by atoms with van der Waals surface area (Å²) in [5, 5.41) is 5.08. The molecule has 26 heavy (non-hydrogen) atoms. The quantitative estimate of drug-likeness (QED) is 0.736. The summed E-state index contributed by atoms with van der Waals surface area (Å²) >= 11 is 0. The van der Waals surface area contributed by atoms with Crippen LogP contribution in [0, 0.1) is 17.5 Å². The van der Waals surface area contributed by atoms with Crippen molar-refractivity contribution in [2.75, 3.05) is 0 Å². The minimum atomic E-state index is -0.919. The fourth-order valence-corrected chi connectivity index (χ4v) is 3.20. The molecule has 1 aliphatic carbocycles. The number of aromatic nitrogens is 1. The van der Waals surface area contributed by atoms with Gasteiger partial charge in [0, 0.05) is 42.0 Å². The van der Waals surface area contributed by atoms with Gasteiger partial charge in [-0.1, -0.05) is 0 Å². The van der Waals surface area contributed by atoms with Gasteiger partial charge in [0.25, 0.3) is 0 Å². The van der Waals surface area contributed by atoms with Crippen LogP contribution in [0.25, 0.3) is 10.8 Å². The van der Waals surface area contributed by atoms with Gasteiger partial charge in [0.2, 0.25) is 0 Å². The van der Waals surface area contributed by atoms with Crippen LogP contribution in [0.3, 0.4) is 0 Å². The van der Waals surface area contributed by atoms with E-state index in [0.717, 1.165) is 35.7 Å². The van der Waals surface area contributed by atoms with Gasteiger partial charge in [-0.25, -0.2) is 13.2 Å². The van der Waals surface area contributed by atoms with Crippen molar-refractivity contribution in [1.82, 2.24) is 10.3 Å². The Bertz CT molecular complexity index is 941. The molecule has 3 nitrogen and oxygen atoms in total. The molecule has 3 aromatic rings. The van der Waals surface area contributed by atoms with Crippen LogP contribution in [0.2, 0.25) is 0 Å². The molecule has 2 aromatic carbocycles. The van der Waals surface area contributed by atoms with E-state index < -0.39 is 11.6 Å². The fourth-order valence-electron chi connectivity index (χ4n) is 3.20. The van der Waals surface area contributed by atoms with Gasteiger partial charge in [-0.2, -0.15) is 0 Å². The maximum atomic E-state index is 14.2. The number of hydrogen-bond donors (Lipinski definition) is 1. The molecule has 0 spiro atoms. The van der Waals surface area contributed by atoms with Crippen LogP contribution >= 0.6 is 0 Å². The van der Waals surface area contributed by atoms with Gasteiger partial charge in [-0.15, -0.1) is 0 Å². The molecule has 4 rings (SSSR count). The van der Waals surface area contributed by atoms with E-state index in [2.05, 4.69) is 10.3 Å². The number of benzene rings is 2. The molecule has 0 saturated heterocycles. The van der Waals surface area contributed by atoms with E-state index in [1.165, 1.54) is 12.1 Å². The second-order valence-corrected chi connectivity index (χ2v) is 6.49. The summed E-state index contributed by atoms with van der Waals surface area (Å²) in [6, 6.07) is 8.70. The second-order valence-electron chi connectivity index (χ2n) is 6.49. The zero-order valence-electron chi connectivity index (χ0n) is 13.9. The number of ether oxygens (including phenoxy) is 1. The Morgan fingerprint density at radius 2 is 1.81 bits per heavy atom. The van der Waals surface area contributed by atoms with Crippen molar-refractivity contribution in [3.63, 3.8) is 0 Å². The van der Waals surface area contributed by atoms with Crippen molar-refractivity contribution in [2.45, 2.75) is 31.5 Å². The number of fused-ring (bicyclic) bond motifs is 1. The normalized spacial score (nSPS) is 19.3. The molecule has 1 aliphatic rings. The smallest absolute Gasteiger partial charge is 0.162 e. The summed E-state index contributed by atoms with van der Waals surface area (Å²) in [6.45, 7) is 0.412. The van der Waals surface area contributed by atoms with E-state index in [9.17, 15) is 13.2 Å². The van der Waals surface area contributed by atoms with Crippen molar-refractivity contribution in [2.24, 2.45) is 0 Å². The highest BCUT2D eigenvalue weighted by atomic mass is 19.2. The van der Waals surface area contributed by atoms with E-state index in [0.29, 0.717) is 17.9 Å². The summed E-state index contributed by atoms with van der Waals surface area (Å²) in [4.78, 5) is 4.06. The predicted molar refractivity (Wildman–Crippen MR) is 92.3 cm³/mol. The van der Waals surface area contributed by atoms with Gasteiger partial charge < -0.3 is 10.1 Å². The third-order valence-electron chi connectivity index (χ3n) is 4.73. The minimum Gasteiger partial charge on any atom is -0.490 e. The molecule has 0 bridgehead atoms. The largest absolute Gasteiger partial charge is 0.490 e. The average molecular weight is 358 g/mol. The highest BCUT2D eigenvalue weighted by Gasteiger charge is 2.30. The van der Waals surface area contributed by atoms with Crippen LogP contribution in [0.5, 0.6) is 5.75 Å². The Morgan fingerprint density at radius 3 is 2.62 bits per heavy atom. The van der Waals surface area contributed by atoms with Gasteiger partial charge in [-0.05, 0) is 48.6 Å². The predicted octanol–water partition coefficient (Wildman–Crippen LogP) is 4.35. The topological polar surface area (TPSA) is 34.1 Å². The zero-order chi connectivity index (χ0) is 18.1. The van der Waals surface area contributed by atoms with Crippen molar-refractivity contribution >= 4 is 10.8 Å². The van der Waals surface area contributed by atoms with Crippen LogP contribution in [-0.4, -0.2) is 17.1 Å². The molecule has 6 heteroatoms. The molecule has 1 fully saturated rings. The van der Waals surface area contributed by atoms with Gasteiger partial charge >= 0.3 is 0 Å². The Labute approximate surface area is 148 Å². The minimum absolute atomic E-state index is 0.0566. The lowest BCUT2D eigenvalue weighted by molar-refractivity contribution is 0.0838. The summed E-state index contributed by atoms with van der Waals surface area (Å²) in [6.07, 6.45) is 4.77. The molecule has 0 aliphatic heterocycles. The lowest BCUT2D eigenvalue weighted by atomic mass is 9.89. The molecular formula is C20H17F3N2O. The van der Waals surface area contributed by atoms with Gasteiger partial charge in [0.15, 0.2) is 11.6 Å². The van der Waals surface area contributed by atoms with E-state index in [1.54, 1.807) is 18.5 Å². The highest BCUT2D eigenvalue weighted by molar-refractivity contribution is 5.84. The zero-order valence-corrected chi connectivity index (χ0v) is 13.9. The third kappa shape index (κ3) is 3.37. The average Bonchev–Trinajstić information content (AvgIpc) is 2.61. The maximum absolute atomic E-state index is 14.2. The molecule has 0 amide bonds. The number of rotatable bonds is 5. The number of nitrogens with one attached hydrogen (secondary N) is 1. The van der Waals surface area contributed by atoms with Crippen molar-refractivity contribution in [3.8, 4) is 5.75 Å². The molecule has 1 heterocycles. The summed E-state index contributed by atoms with van der Waals surface area (Å²) in [5.41, 5.74) is 0.620. The van der Waals surface area contributed by atoms with E-state index >= 15 is 0 Å². The van der Waals surface area contributed by atoms with Gasteiger partial charge in [-0.3, -0.25) is 4.98 Å². The number of halogens is 3. The summed E-state index contributed by atoms with van der Waals surface area (Å²) < 4.78 is 45.9. The van der Waals surface area contributed by atoms with E-state index in [1.807, 2.05) is 6.07 Å². The Kier molecular flexibility index (Phi) is 4.51. The van der Waals surface area contributed by atoms with Crippen molar-refractivity contribution < 1.29 is 17.9 Å². The van der Waals surface area contributed by atoms with Crippen LogP contribution in [0.15, 0.2) is 48.8 Å². The summed E-state index contributed by atoms with van der Waals surface area (Å²) in [5.74, 6) is -1.74. The van der Waals surface area contributed by atoms with Crippen LogP contribution in [-0.2, 0) is 6.54 Å². The molecule has 1 saturated carbocycles. The van der Waals surface area contributed by atoms with Crippen LogP contribution in [0.1, 0.15) is 18.4 Å². The first-order valence-corrected chi connectivity index (χ1v) is 8.46. The Morgan fingerprint density at radius 1 is 1.00 bits per heavy atom. The SMILES string of the molecule is Fc1ccc(O[C@H]2C[C@H](NCc3c(F)ccc4cnccc34)C2)cc1F. The first-order valence-electron chi connectivity index (χ1n) is 8.46. The number of pyridine rings is 1. The van der Waals surface area contributed by atoms with Crippen molar-refractivity contribution in [1.29, 1.82) is 0 Å². The van der Waals surface area contributed by atoms with E-state index in [-0.39, 0.29) is 18.0 Å². The number of nitrogens with zero attached hydrogens (tertiary/aromatic N) is 1. The van der Waals surface area contributed by atoms with E-state index in [4.69, 9.17) is 4.74 Å². The van der Waals surface area contributed by atoms with Crippen LogP contribution < -0.4 is 10.1 Å².